The molecule has 1 aromatic heterocycles. The van der Waals surface area contributed by atoms with Crippen LogP contribution in [0.15, 0.2) is 24.3 Å². The third-order valence-electron chi connectivity index (χ3n) is 5.09. The van der Waals surface area contributed by atoms with E-state index in [1.807, 2.05) is 6.92 Å². The zero-order valence-electron chi connectivity index (χ0n) is 15.4. The van der Waals surface area contributed by atoms with Crippen LogP contribution < -0.4 is 10.8 Å². The average molecular weight is 396 g/mol. The van der Waals surface area contributed by atoms with E-state index in [0.29, 0.717) is 19.5 Å². The van der Waals surface area contributed by atoms with E-state index in [-0.39, 0.29) is 16.9 Å². The van der Waals surface area contributed by atoms with Gasteiger partial charge >= 0.3 is 0 Å². The SMILES string of the molecule is Cc1ccc(C(=O)c2c3n(c(=N)c4c(F)c(C#N)c(F)c(F)c24)CCCN3)cc1. The number of anilines is 1. The minimum atomic E-state index is -1.67. The Balaban J connectivity index is 2.20. The minimum absolute atomic E-state index is 0.140. The maximum atomic E-state index is 15.0. The van der Waals surface area contributed by atoms with Crippen LogP contribution >= 0.6 is 0 Å². The second-order valence-electron chi connectivity index (χ2n) is 6.88. The van der Waals surface area contributed by atoms with Gasteiger partial charge in [-0.15, -0.1) is 0 Å². The summed E-state index contributed by atoms with van der Waals surface area (Å²) in [5.41, 5.74) is -0.657. The Morgan fingerprint density at radius 3 is 2.48 bits per heavy atom. The Labute approximate surface area is 163 Å². The van der Waals surface area contributed by atoms with E-state index < -0.39 is 45.1 Å². The van der Waals surface area contributed by atoms with Crippen molar-refractivity contribution in [3.8, 4) is 6.07 Å². The normalized spacial score (nSPS) is 12.9. The lowest BCUT2D eigenvalue weighted by molar-refractivity contribution is 0.104. The first-order chi connectivity index (χ1) is 13.9. The first-order valence-electron chi connectivity index (χ1n) is 8.93. The maximum Gasteiger partial charge on any atom is 0.197 e. The molecule has 0 saturated heterocycles. The minimum Gasteiger partial charge on any atom is -0.371 e. The van der Waals surface area contributed by atoms with Crippen LogP contribution in [0.1, 0.15) is 33.5 Å². The molecule has 0 saturated carbocycles. The number of pyridine rings is 1. The highest BCUT2D eigenvalue weighted by molar-refractivity contribution is 6.19. The number of hydrogen-bond donors (Lipinski definition) is 2. The van der Waals surface area contributed by atoms with Gasteiger partial charge in [0.15, 0.2) is 23.2 Å². The van der Waals surface area contributed by atoms with Gasteiger partial charge in [-0.2, -0.15) is 5.26 Å². The Hall–Kier alpha value is -3.60. The molecule has 1 aliphatic rings. The smallest absolute Gasteiger partial charge is 0.197 e. The van der Waals surface area contributed by atoms with Crippen LogP contribution in [0.4, 0.5) is 19.0 Å². The quantitative estimate of drug-likeness (QED) is 0.511. The molecule has 8 heteroatoms. The molecule has 3 aromatic rings. The van der Waals surface area contributed by atoms with Crippen LogP contribution in [0.3, 0.4) is 0 Å². The van der Waals surface area contributed by atoms with Crippen LogP contribution in [-0.2, 0) is 6.54 Å². The number of halogens is 3. The van der Waals surface area contributed by atoms with E-state index in [0.717, 1.165) is 5.56 Å². The lowest BCUT2D eigenvalue weighted by Gasteiger charge is -2.25. The van der Waals surface area contributed by atoms with Crippen molar-refractivity contribution in [3.05, 3.63) is 69.5 Å². The molecule has 1 aliphatic heterocycles. The molecule has 2 aromatic carbocycles. The first kappa shape index (κ1) is 18.7. The van der Waals surface area contributed by atoms with Gasteiger partial charge in [0.1, 0.15) is 22.9 Å². The van der Waals surface area contributed by atoms with E-state index in [1.165, 1.54) is 10.6 Å². The van der Waals surface area contributed by atoms with Crippen molar-refractivity contribution in [2.75, 3.05) is 11.9 Å². The summed E-state index contributed by atoms with van der Waals surface area (Å²) >= 11 is 0. The number of nitrogens with one attached hydrogen (secondary N) is 2. The molecule has 0 unspecified atom stereocenters. The van der Waals surface area contributed by atoms with Gasteiger partial charge in [0.25, 0.3) is 0 Å². The fourth-order valence-electron chi connectivity index (χ4n) is 3.64. The number of hydrogen-bond acceptors (Lipinski definition) is 4. The summed E-state index contributed by atoms with van der Waals surface area (Å²) in [5, 5.41) is 19.1. The number of carbonyl (C=O) groups excluding carboxylic acids is 1. The topological polar surface area (TPSA) is 81.7 Å². The van der Waals surface area contributed by atoms with E-state index in [1.54, 1.807) is 24.3 Å². The molecular weight excluding hydrogens is 381 g/mol. The number of aryl methyl sites for hydroxylation is 1. The van der Waals surface area contributed by atoms with Crippen molar-refractivity contribution in [3.63, 3.8) is 0 Å². The first-order valence-corrected chi connectivity index (χ1v) is 8.93. The largest absolute Gasteiger partial charge is 0.371 e. The Bertz CT molecular complexity index is 1290. The van der Waals surface area contributed by atoms with Gasteiger partial charge in [-0.3, -0.25) is 10.2 Å². The number of rotatable bonds is 2. The number of carbonyl (C=O) groups is 1. The van der Waals surface area contributed by atoms with Gasteiger partial charge in [-0.1, -0.05) is 29.8 Å². The van der Waals surface area contributed by atoms with Crippen LogP contribution in [0.25, 0.3) is 10.8 Å². The number of nitrogens with zero attached hydrogens (tertiary/aromatic N) is 2. The maximum absolute atomic E-state index is 15.0. The summed E-state index contributed by atoms with van der Waals surface area (Å²) < 4.78 is 45.7. The van der Waals surface area contributed by atoms with Gasteiger partial charge in [-0.05, 0) is 13.3 Å². The summed E-state index contributed by atoms with van der Waals surface area (Å²) in [6.07, 6.45) is 0.601. The van der Waals surface area contributed by atoms with E-state index in [9.17, 15) is 13.6 Å². The molecule has 5 nitrogen and oxygen atoms in total. The molecular formula is C21H15F3N4O. The molecule has 0 amide bonds. The molecule has 0 spiro atoms. The fraction of sp³-hybridized carbons (Fsp3) is 0.190. The van der Waals surface area contributed by atoms with Gasteiger partial charge in [0, 0.05) is 24.0 Å². The molecule has 0 bridgehead atoms. The van der Waals surface area contributed by atoms with Crippen molar-refractivity contribution in [1.82, 2.24) is 4.57 Å². The summed E-state index contributed by atoms with van der Waals surface area (Å²) in [7, 11) is 0. The van der Waals surface area contributed by atoms with Crippen LogP contribution in [0.2, 0.25) is 0 Å². The molecule has 4 rings (SSSR count). The highest BCUT2D eigenvalue weighted by Gasteiger charge is 2.31. The summed E-state index contributed by atoms with van der Waals surface area (Å²) in [5.74, 6) is -5.02. The zero-order valence-corrected chi connectivity index (χ0v) is 15.4. The Morgan fingerprint density at radius 1 is 1.14 bits per heavy atom. The van der Waals surface area contributed by atoms with Gasteiger partial charge < -0.3 is 9.88 Å². The van der Waals surface area contributed by atoms with E-state index in [2.05, 4.69) is 5.32 Å². The molecule has 0 fully saturated rings. The van der Waals surface area contributed by atoms with Crippen LogP contribution in [0.5, 0.6) is 0 Å². The highest BCUT2D eigenvalue weighted by Crippen LogP contribution is 2.34. The molecule has 0 aliphatic carbocycles. The molecule has 2 heterocycles. The average Bonchev–Trinajstić information content (AvgIpc) is 2.72. The van der Waals surface area contributed by atoms with Crippen LogP contribution in [0, 0.1) is 41.1 Å². The number of fused-ring (bicyclic) bond motifs is 2. The van der Waals surface area contributed by atoms with Crippen molar-refractivity contribution < 1.29 is 18.0 Å². The highest BCUT2D eigenvalue weighted by atomic mass is 19.2. The second-order valence-corrected chi connectivity index (χ2v) is 6.88. The predicted molar refractivity (Wildman–Crippen MR) is 100 cm³/mol. The van der Waals surface area contributed by atoms with Crippen molar-refractivity contribution in [2.45, 2.75) is 19.9 Å². The number of aromatic nitrogens is 1. The van der Waals surface area contributed by atoms with E-state index in [4.69, 9.17) is 10.7 Å². The number of ketones is 1. The summed E-state index contributed by atoms with van der Waals surface area (Å²) in [6, 6.07) is 7.81. The van der Waals surface area contributed by atoms with Crippen molar-refractivity contribution in [2.24, 2.45) is 0 Å². The molecule has 0 atom stereocenters. The summed E-state index contributed by atoms with van der Waals surface area (Å²) in [6.45, 7) is 2.60. The molecule has 29 heavy (non-hydrogen) atoms. The standard InChI is InChI=1S/C21H15F3N4O/c1-10-3-5-11(6-4-10)19(29)15-13-14(16(22)12(9-25)17(23)18(13)24)20(26)28-8-2-7-27-21(15)28/h3-6,26-27H,2,7-8H2,1H3. The lowest BCUT2D eigenvalue weighted by atomic mass is 9.94. The van der Waals surface area contributed by atoms with Gasteiger partial charge in [-0.25, -0.2) is 13.2 Å². The van der Waals surface area contributed by atoms with Crippen molar-refractivity contribution in [1.29, 1.82) is 10.7 Å². The third-order valence-corrected chi connectivity index (χ3v) is 5.09. The number of nitriles is 1. The fourth-order valence-corrected chi connectivity index (χ4v) is 3.64. The zero-order chi connectivity index (χ0) is 20.9. The predicted octanol–water partition coefficient (Wildman–Crippen LogP) is 3.76. The molecule has 0 radical (unpaired) electrons. The second kappa shape index (κ2) is 6.78. The lowest BCUT2D eigenvalue weighted by Crippen LogP contribution is -2.32. The number of benzene rings is 2. The van der Waals surface area contributed by atoms with Gasteiger partial charge in [0.05, 0.1) is 10.9 Å². The summed E-state index contributed by atoms with van der Waals surface area (Å²) in [4.78, 5) is 13.3. The monoisotopic (exact) mass is 396 g/mol. The van der Waals surface area contributed by atoms with Crippen LogP contribution in [-0.4, -0.2) is 16.9 Å². The van der Waals surface area contributed by atoms with E-state index >= 15 is 4.39 Å². The molecule has 2 N–H and O–H groups in total. The van der Waals surface area contributed by atoms with Crippen molar-refractivity contribution >= 4 is 22.4 Å². The van der Waals surface area contributed by atoms with Gasteiger partial charge in [0.2, 0.25) is 0 Å². The Morgan fingerprint density at radius 2 is 1.83 bits per heavy atom. The third kappa shape index (κ3) is 2.70. The molecule has 146 valence electrons. The Kier molecular flexibility index (Phi) is 4.38.